The van der Waals surface area contributed by atoms with Crippen molar-refractivity contribution in [2.45, 2.75) is 32.3 Å². The molecule has 1 aromatic carbocycles. The van der Waals surface area contributed by atoms with Gasteiger partial charge in [0.1, 0.15) is 5.75 Å². The second-order valence-corrected chi connectivity index (χ2v) is 7.80. The van der Waals surface area contributed by atoms with E-state index >= 15 is 0 Å². The molecule has 0 spiro atoms. The fraction of sp³-hybridized carbons (Fsp3) is 0.667. The lowest BCUT2D eigenvalue weighted by atomic mass is 10.1. The first-order chi connectivity index (χ1) is 13.6. The van der Waals surface area contributed by atoms with Gasteiger partial charge in [0.25, 0.3) is 0 Å². The topological polar surface area (TPSA) is 78.4 Å². The van der Waals surface area contributed by atoms with Gasteiger partial charge in [0.05, 0.1) is 32.0 Å². The number of benzene rings is 1. The summed E-state index contributed by atoms with van der Waals surface area (Å²) < 4.78 is 10.9. The molecule has 2 aliphatic rings. The van der Waals surface area contributed by atoms with Gasteiger partial charge in [-0.3, -0.25) is 9.89 Å². The van der Waals surface area contributed by atoms with Crippen LogP contribution in [0.2, 0.25) is 0 Å². The van der Waals surface area contributed by atoms with Crippen molar-refractivity contribution in [1.82, 2.24) is 15.5 Å². The Bertz CT molecular complexity index is 663. The molecule has 0 aromatic heterocycles. The molecule has 7 nitrogen and oxygen atoms in total. The molecule has 0 saturated carbocycles. The minimum atomic E-state index is -0.861. The number of halogens is 1. The van der Waals surface area contributed by atoms with Gasteiger partial charge in [0.15, 0.2) is 5.96 Å². The summed E-state index contributed by atoms with van der Waals surface area (Å²) in [6.07, 6.45) is 1.92. The quantitative estimate of drug-likeness (QED) is 0.275. The third kappa shape index (κ3) is 7.92. The molecular weight excluding hydrogens is 483 g/mol. The molecule has 2 heterocycles. The molecule has 0 radical (unpaired) electrons. The first kappa shape index (κ1) is 24.2. The molecule has 164 valence electrons. The minimum absolute atomic E-state index is 0. The van der Waals surface area contributed by atoms with E-state index in [1.165, 1.54) is 11.1 Å². The maximum atomic E-state index is 10.7. The van der Waals surface area contributed by atoms with Gasteiger partial charge in [-0.1, -0.05) is 12.1 Å². The summed E-state index contributed by atoms with van der Waals surface area (Å²) in [5.74, 6) is 1.77. The van der Waals surface area contributed by atoms with E-state index in [0.717, 1.165) is 70.6 Å². The third-order valence-corrected chi connectivity index (χ3v) is 5.05. The van der Waals surface area contributed by atoms with E-state index in [1.807, 2.05) is 13.8 Å². The number of fused-ring (bicyclic) bond motifs is 1. The average Bonchev–Trinajstić information content (AvgIpc) is 3.14. The van der Waals surface area contributed by atoms with Crippen LogP contribution in [0.25, 0.3) is 0 Å². The first-order valence-electron chi connectivity index (χ1n) is 10.3. The van der Waals surface area contributed by atoms with Crippen LogP contribution < -0.4 is 15.4 Å². The summed E-state index contributed by atoms with van der Waals surface area (Å²) >= 11 is 0. The molecule has 1 saturated heterocycles. The molecule has 1 unspecified atom stereocenters. The van der Waals surface area contributed by atoms with Gasteiger partial charge < -0.3 is 25.2 Å². The number of guanidine groups is 1. The highest BCUT2D eigenvalue weighted by Gasteiger charge is 2.25. The van der Waals surface area contributed by atoms with Crippen molar-refractivity contribution in [2.24, 2.45) is 4.99 Å². The Kier molecular flexibility index (Phi) is 9.94. The Morgan fingerprint density at radius 3 is 2.79 bits per heavy atom. The number of aliphatic hydroxyl groups is 1. The predicted molar refractivity (Wildman–Crippen MR) is 127 cm³/mol. The summed E-state index contributed by atoms with van der Waals surface area (Å²) in [5, 5.41) is 17.4. The van der Waals surface area contributed by atoms with Gasteiger partial charge in [-0.2, -0.15) is 0 Å². The van der Waals surface area contributed by atoms with E-state index in [4.69, 9.17) is 9.47 Å². The average molecular weight is 518 g/mol. The molecule has 29 heavy (non-hydrogen) atoms. The Labute approximate surface area is 191 Å². The number of aliphatic imine (C=N–C) groups is 1. The molecule has 0 bridgehead atoms. The van der Waals surface area contributed by atoms with Gasteiger partial charge in [-0.25, -0.2) is 0 Å². The van der Waals surface area contributed by atoms with Crippen LogP contribution >= 0.6 is 24.0 Å². The Morgan fingerprint density at radius 2 is 2.03 bits per heavy atom. The molecule has 0 aliphatic carbocycles. The number of nitrogens with zero attached hydrogens (tertiary/aromatic N) is 2. The monoisotopic (exact) mass is 518 g/mol. The lowest BCUT2D eigenvalue weighted by Gasteiger charge is -2.33. The van der Waals surface area contributed by atoms with Crippen LogP contribution in [0.3, 0.4) is 0 Å². The maximum absolute atomic E-state index is 10.7. The second kappa shape index (κ2) is 11.9. The van der Waals surface area contributed by atoms with E-state index in [9.17, 15) is 5.11 Å². The molecule has 3 rings (SSSR count). The van der Waals surface area contributed by atoms with Crippen LogP contribution in [0.4, 0.5) is 0 Å². The molecule has 1 atom stereocenters. The zero-order valence-electron chi connectivity index (χ0n) is 17.6. The Hall–Kier alpha value is -1.10. The van der Waals surface area contributed by atoms with Crippen molar-refractivity contribution in [3.63, 3.8) is 0 Å². The first-order valence-corrected chi connectivity index (χ1v) is 10.3. The van der Waals surface area contributed by atoms with Crippen molar-refractivity contribution >= 4 is 29.9 Å². The van der Waals surface area contributed by atoms with Crippen LogP contribution in [0.1, 0.15) is 25.0 Å². The number of ether oxygens (including phenoxy) is 2. The smallest absolute Gasteiger partial charge is 0.191 e. The van der Waals surface area contributed by atoms with Crippen LogP contribution in [-0.2, 0) is 17.6 Å². The Morgan fingerprint density at radius 1 is 1.24 bits per heavy atom. The molecule has 2 aliphatic heterocycles. The SMILES string of the molecule is CCNC(=NCC(C)(O)CN1CCOCC1)NCCc1ccc2c(c1)CCO2.I. The third-order valence-electron chi connectivity index (χ3n) is 5.05. The van der Waals surface area contributed by atoms with Gasteiger partial charge in [-0.05, 0) is 37.5 Å². The van der Waals surface area contributed by atoms with Crippen molar-refractivity contribution < 1.29 is 14.6 Å². The van der Waals surface area contributed by atoms with Gasteiger partial charge >= 0.3 is 0 Å². The summed E-state index contributed by atoms with van der Waals surface area (Å²) in [6, 6.07) is 6.43. The fourth-order valence-corrected chi connectivity index (χ4v) is 3.60. The van der Waals surface area contributed by atoms with E-state index in [0.29, 0.717) is 13.1 Å². The maximum Gasteiger partial charge on any atom is 0.191 e. The molecule has 8 heteroatoms. The van der Waals surface area contributed by atoms with E-state index in [1.54, 1.807) is 0 Å². The van der Waals surface area contributed by atoms with E-state index < -0.39 is 5.60 Å². The van der Waals surface area contributed by atoms with Crippen LogP contribution in [0.5, 0.6) is 5.75 Å². The van der Waals surface area contributed by atoms with Crippen molar-refractivity contribution in [3.05, 3.63) is 29.3 Å². The summed E-state index contributed by atoms with van der Waals surface area (Å²) in [5.41, 5.74) is 1.74. The lowest BCUT2D eigenvalue weighted by Crippen LogP contribution is -2.48. The van der Waals surface area contributed by atoms with Gasteiger partial charge in [0, 0.05) is 39.1 Å². The number of nitrogens with one attached hydrogen (secondary N) is 2. The molecule has 0 amide bonds. The summed E-state index contributed by atoms with van der Waals surface area (Å²) in [4.78, 5) is 6.84. The zero-order valence-corrected chi connectivity index (χ0v) is 19.9. The molecular formula is C21H35IN4O3. The number of hydrogen-bond donors (Lipinski definition) is 3. The number of hydrogen-bond acceptors (Lipinski definition) is 5. The highest BCUT2D eigenvalue weighted by molar-refractivity contribution is 14.0. The standard InChI is InChI=1S/C21H34N4O3.HI/c1-3-22-20(24-15-21(2,26)16-25-9-12-27-13-10-25)23-8-6-17-4-5-19-18(14-17)7-11-28-19;/h4-5,14,26H,3,6-13,15-16H2,1-2H3,(H2,22,23,24);1H. The van der Waals surface area contributed by atoms with Crippen LogP contribution in [0, 0.1) is 0 Å². The fourth-order valence-electron chi connectivity index (χ4n) is 3.60. The number of β-amino-alcohol motifs (C(OH)–C–C–N with tert-alkyl or cyclic N) is 1. The zero-order chi connectivity index (χ0) is 19.8. The van der Waals surface area contributed by atoms with Crippen molar-refractivity contribution in [3.8, 4) is 5.75 Å². The van der Waals surface area contributed by atoms with Crippen molar-refractivity contribution in [2.75, 3.05) is 59.1 Å². The predicted octanol–water partition coefficient (Wildman–Crippen LogP) is 1.42. The van der Waals surface area contributed by atoms with Crippen LogP contribution in [-0.4, -0.2) is 80.7 Å². The highest BCUT2D eigenvalue weighted by atomic mass is 127. The van der Waals surface area contributed by atoms with Gasteiger partial charge in [-0.15, -0.1) is 24.0 Å². The minimum Gasteiger partial charge on any atom is -0.493 e. The van der Waals surface area contributed by atoms with Gasteiger partial charge in [0.2, 0.25) is 0 Å². The molecule has 1 fully saturated rings. The number of rotatable bonds is 8. The highest BCUT2D eigenvalue weighted by Crippen LogP contribution is 2.25. The van der Waals surface area contributed by atoms with E-state index in [-0.39, 0.29) is 24.0 Å². The van der Waals surface area contributed by atoms with E-state index in [2.05, 4.69) is 38.7 Å². The number of morpholine rings is 1. The Balaban J connectivity index is 0.00000300. The van der Waals surface area contributed by atoms with Crippen molar-refractivity contribution in [1.29, 1.82) is 0 Å². The summed E-state index contributed by atoms with van der Waals surface area (Å²) in [6.45, 7) is 10.4. The normalized spacial score (nSPS) is 18.9. The molecule has 1 aromatic rings. The summed E-state index contributed by atoms with van der Waals surface area (Å²) in [7, 11) is 0. The largest absolute Gasteiger partial charge is 0.493 e. The molecule has 3 N–H and O–H groups in total. The lowest BCUT2D eigenvalue weighted by molar-refractivity contribution is -0.0179. The van der Waals surface area contributed by atoms with Crippen LogP contribution in [0.15, 0.2) is 23.2 Å². The second-order valence-electron chi connectivity index (χ2n) is 7.80.